The van der Waals surface area contributed by atoms with Crippen LogP contribution in [0.2, 0.25) is 0 Å². The number of nitrogens with one attached hydrogen (secondary N) is 2. The number of carbonyl (C=O) groups is 1. The summed E-state index contributed by atoms with van der Waals surface area (Å²) >= 11 is 0. The van der Waals surface area contributed by atoms with E-state index in [1.165, 1.54) is 0 Å². The van der Waals surface area contributed by atoms with Gasteiger partial charge in [-0.15, -0.1) is 0 Å². The van der Waals surface area contributed by atoms with Crippen LogP contribution in [-0.4, -0.2) is 10.9 Å². The van der Waals surface area contributed by atoms with E-state index in [0.717, 1.165) is 33.4 Å². The molecule has 3 nitrogen and oxygen atoms in total. The molecule has 1 aromatic heterocycles. The molecule has 0 spiro atoms. The minimum Gasteiger partial charge on any atom is -0.358 e. The summed E-state index contributed by atoms with van der Waals surface area (Å²) in [6.07, 6.45) is 0. The van der Waals surface area contributed by atoms with Crippen molar-refractivity contribution in [3.63, 3.8) is 0 Å². The van der Waals surface area contributed by atoms with Crippen molar-refractivity contribution in [3.8, 4) is 0 Å². The smallest absolute Gasteiger partial charge is 0.234 e. The molecule has 0 unspecified atom stereocenters. The van der Waals surface area contributed by atoms with Crippen molar-refractivity contribution < 1.29 is 4.79 Å². The van der Waals surface area contributed by atoms with Gasteiger partial charge in [0.2, 0.25) is 5.91 Å². The maximum Gasteiger partial charge on any atom is 0.234 e. The average Bonchev–Trinajstić information content (AvgIpc) is 2.85. The predicted molar refractivity (Wildman–Crippen MR) is 95.9 cm³/mol. The first kappa shape index (κ1) is 15.3. The Morgan fingerprint density at radius 3 is 2.39 bits per heavy atom. The normalized spacial score (nSPS) is 11.7. The van der Waals surface area contributed by atoms with Crippen LogP contribution in [0.4, 0.5) is 5.69 Å². The Balaban J connectivity index is 2.01. The van der Waals surface area contributed by atoms with Crippen molar-refractivity contribution in [2.45, 2.75) is 33.1 Å². The van der Waals surface area contributed by atoms with E-state index in [-0.39, 0.29) is 5.91 Å². The molecule has 3 aromatic rings. The topological polar surface area (TPSA) is 44.9 Å². The van der Waals surface area contributed by atoms with Crippen LogP contribution >= 0.6 is 0 Å². The van der Waals surface area contributed by atoms with E-state index < -0.39 is 5.41 Å². The third-order valence-electron chi connectivity index (χ3n) is 4.48. The van der Waals surface area contributed by atoms with Crippen LogP contribution in [0.25, 0.3) is 10.9 Å². The number of H-pyrrole nitrogens is 1. The number of amides is 1. The van der Waals surface area contributed by atoms with E-state index in [4.69, 9.17) is 0 Å². The quantitative estimate of drug-likeness (QED) is 0.723. The van der Waals surface area contributed by atoms with E-state index in [1.807, 2.05) is 70.2 Å². The molecular weight excluding hydrogens is 284 g/mol. The third-order valence-corrected chi connectivity index (χ3v) is 4.48. The lowest BCUT2D eigenvalue weighted by atomic mass is 9.81. The highest BCUT2D eigenvalue weighted by molar-refractivity contribution is 6.02. The highest BCUT2D eigenvalue weighted by Crippen LogP contribution is 2.34. The summed E-state index contributed by atoms with van der Waals surface area (Å²) in [6.45, 7) is 7.98. The van der Waals surface area contributed by atoms with Gasteiger partial charge in [0.05, 0.1) is 5.41 Å². The Labute approximate surface area is 136 Å². The first-order valence-electron chi connectivity index (χ1n) is 7.86. The second-order valence-corrected chi connectivity index (χ2v) is 6.56. The monoisotopic (exact) mass is 306 g/mol. The van der Waals surface area contributed by atoms with Gasteiger partial charge in [-0.2, -0.15) is 0 Å². The fraction of sp³-hybridized carbons (Fsp3) is 0.250. The highest BCUT2D eigenvalue weighted by Gasteiger charge is 2.34. The lowest BCUT2D eigenvalue weighted by Crippen LogP contribution is -2.35. The number of para-hydroxylation sites is 2. The van der Waals surface area contributed by atoms with Crippen molar-refractivity contribution in [1.29, 1.82) is 0 Å². The van der Waals surface area contributed by atoms with Gasteiger partial charge >= 0.3 is 0 Å². The number of hydrogen-bond acceptors (Lipinski definition) is 1. The van der Waals surface area contributed by atoms with Crippen LogP contribution in [-0.2, 0) is 10.2 Å². The molecule has 2 N–H and O–H groups in total. The Morgan fingerprint density at radius 2 is 1.65 bits per heavy atom. The van der Waals surface area contributed by atoms with Gasteiger partial charge in [0.15, 0.2) is 0 Å². The van der Waals surface area contributed by atoms with Crippen molar-refractivity contribution in [2.24, 2.45) is 0 Å². The molecule has 1 heterocycles. The molecule has 0 aliphatic rings. The number of aromatic nitrogens is 1. The van der Waals surface area contributed by atoms with Crippen LogP contribution in [0.1, 0.15) is 30.7 Å². The van der Waals surface area contributed by atoms with Gasteiger partial charge in [-0.05, 0) is 51.0 Å². The summed E-state index contributed by atoms with van der Waals surface area (Å²) in [5.41, 5.74) is 4.45. The van der Waals surface area contributed by atoms with Crippen molar-refractivity contribution in [1.82, 2.24) is 4.98 Å². The Bertz CT molecular complexity index is 874. The highest BCUT2D eigenvalue weighted by atomic mass is 16.2. The number of carbonyl (C=O) groups excluding carboxylic acids is 1. The Morgan fingerprint density at radius 1 is 1.00 bits per heavy atom. The minimum absolute atomic E-state index is 0.000321. The zero-order chi connectivity index (χ0) is 16.6. The Kier molecular flexibility index (Phi) is 3.72. The van der Waals surface area contributed by atoms with Crippen LogP contribution in [0.15, 0.2) is 48.5 Å². The van der Waals surface area contributed by atoms with Gasteiger partial charge in [0.25, 0.3) is 0 Å². The summed E-state index contributed by atoms with van der Waals surface area (Å²) in [4.78, 5) is 16.3. The molecule has 3 rings (SSSR count). The van der Waals surface area contributed by atoms with Gasteiger partial charge in [0.1, 0.15) is 0 Å². The third kappa shape index (κ3) is 2.63. The molecule has 2 aromatic carbocycles. The van der Waals surface area contributed by atoms with E-state index in [2.05, 4.69) is 16.4 Å². The molecule has 23 heavy (non-hydrogen) atoms. The molecule has 118 valence electrons. The molecule has 0 radical (unpaired) electrons. The summed E-state index contributed by atoms with van der Waals surface area (Å²) in [7, 11) is 0. The second kappa shape index (κ2) is 5.58. The Hall–Kier alpha value is -2.55. The molecule has 1 amide bonds. The lowest BCUT2D eigenvalue weighted by Gasteiger charge is -2.25. The number of anilines is 1. The number of rotatable bonds is 3. The number of aromatic amines is 1. The zero-order valence-corrected chi connectivity index (χ0v) is 14.0. The number of hydrogen-bond donors (Lipinski definition) is 2. The second-order valence-electron chi connectivity index (χ2n) is 6.56. The van der Waals surface area contributed by atoms with E-state index in [0.29, 0.717) is 0 Å². The van der Waals surface area contributed by atoms with Gasteiger partial charge in [-0.25, -0.2) is 0 Å². The molecule has 0 aliphatic carbocycles. The van der Waals surface area contributed by atoms with Gasteiger partial charge in [0, 0.05) is 22.3 Å². The fourth-order valence-electron chi connectivity index (χ4n) is 3.19. The summed E-state index contributed by atoms with van der Waals surface area (Å²) in [5, 5.41) is 4.18. The molecular formula is C20H22N2O. The summed E-state index contributed by atoms with van der Waals surface area (Å²) < 4.78 is 0. The molecule has 0 fully saturated rings. The fourth-order valence-corrected chi connectivity index (χ4v) is 3.19. The van der Waals surface area contributed by atoms with Gasteiger partial charge in [-0.1, -0.05) is 36.4 Å². The molecule has 0 saturated heterocycles. The largest absolute Gasteiger partial charge is 0.358 e. The average molecular weight is 306 g/mol. The summed E-state index contributed by atoms with van der Waals surface area (Å²) in [6, 6.07) is 16.0. The minimum atomic E-state index is -0.633. The number of benzene rings is 2. The van der Waals surface area contributed by atoms with E-state index in [9.17, 15) is 4.79 Å². The molecule has 3 heteroatoms. The molecule has 0 aliphatic heterocycles. The number of fused-ring (bicyclic) bond motifs is 1. The molecule has 0 bridgehead atoms. The molecule has 0 saturated carbocycles. The van der Waals surface area contributed by atoms with Crippen LogP contribution in [0, 0.1) is 13.8 Å². The van der Waals surface area contributed by atoms with Crippen molar-refractivity contribution in [3.05, 3.63) is 65.4 Å². The standard InChI is InChI=1S/C20H22N2O/c1-13-9-5-7-11-16(13)22-19(23)20(3,4)18-14(2)21-17-12-8-6-10-15(17)18/h5-12,21H,1-4H3,(H,22,23). The van der Waals surface area contributed by atoms with Crippen molar-refractivity contribution >= 4 is 22.5 Å². The van der Waals surface area contributed by atoms with Crippen LogP contribution < -0.4 is 5.32 Å². The first-order chi connectivity index (χ1) is 10.9. The summed E-state index contributed by atoms with van der Waals surface area (Å²) in [5.74, 6) is -0.000321. The SMILES string of the molecule is Cc1ccccc1NC(=O)C(C)(C)c1c(C)[nH]c2ccccc12. The first-order valence-corrected chi connectivity index (χ1v) is 7.86. The predicted octanol–water partition coefficient (Wildman–Crippen LogP) is 4.70. The lowest BCUT2D eigenvalue weighted by molar-refractivity contribution is -0.120. The number of aryl methyl sites for hydroxylation is 2. The van der Waals surface area contributed by atoms with Crippen LogP contribution in [0.3, 0.4) is 0 Å². The zero-order valence-electron chi connectivity index (χ0n) is 14.0. The molecule has 0 atom stereocenters. The van der Waals surface area contributed by atoms with E-state index in [1.54, 1.807) is 0 Å². The van der Waals surface area contributed by atoms with Crippen molar-refractivity contribution in [2.75, 3.05) is 5.32 Å². The van der Waals surface area contributed by atoms with E-state index >= 15 is 0 Å². The van der Waals surface area contributed by atoms with Gasteiger partial charge in [-0.3, -0.25) is 4.79 Å². The maximum absolute atomic E-state index is 13.0. The van der Waals surface area contributed by atoms with Crippen LogP contribution in [0.5, 0.6) is 0 Å². The van der Waals surface area contributed by atoms with Gasteiger partial charge < -0.3 is 10.3 Å². The maximum atomic E-state index is 13.0.